The number of nitrogens with zero attached hydrogens (tertiary/aromatic N) is 1. The van der Waals surface area contributed by atoms with Gasteiger partial charge in [-0.2, -0.15) is 5.26 Å². The highest BCUT2D eigenvalue weighted by molar-refractivity contribution is 5.72. The van der Waals surface area contributed by atoms with E-state index in [1.165, 1.54) is 19.1 Å². The van der Waals surface area contributed by atoms with Gasteiger partial charge in [-0.15, -0.1) is 0 Å². The van der Waals surface area contributed by atoms with Gasteiger partial charge in [-0.05, 0) is 30.7 Å². The van der Waals surface area contributed by atoms with E-state index >= 15 is 0 Å². The summed E-state index contributed by atoms with van der Waals surface area (Å²) in [5, 5.41) is 14.7. The van der Waals surface area contributed by atoms with Gasteiger partial charge in [0.1, 0.15) is 11.9 Å². The molecule has 4 nitrogen and oxygen atoms in total. The first-order chi connectivity index (χ1) is 8.63. The summed E-state index contributed by atoms with van der Waals surface area (Å²) in [5.74, 6) is -0.426. The van der Waals surface area contributed by atoms with Gasteiger partial charge in [0.25, 0.3) is 0 Å². The van der Waals surface area contributed by atoms with Gasteiger partial charge >= 0.3 is 0 Å². The predicted molar refractivity (Wildman–Crippen MR) is 66.1 cm³/mol. The fourth-order valence-corrected chi connectivity index (χ4v) is 1.52. The highest BCUT2D eigenvalue weighted by Gasteiger charge is 2.09. The van der Waals surface area contributed by atoms with Crippen molar-refractivity contribution < 1.29 is 9.18 Å². The number of carbonyl (C=O) groups excluding carboxylic acids is 1. The Bertz CT molecular complexity index is 442. The second-order valence-electron chi connectivity index (χ2n) is 3.91. The van der Waals surface area contributed by atoms with Crippen LogP contribution in [0.2, 0.25) is 0 Å². The number of nitrogens with one attached hydrogen (secondary N) is 2. The van der Waals surface area contributed by atoms with E-state index in [0.717, 1.165) is 0 Å². The quantitative estimate of drug-likeness (QED) is 0.751. The molecule has 2 N–H and O–H groups in total. The van der Waals surface area contributed by atoms with Crippen molar-refractivity contribution in [2.75, 3.05) is 13.1 Å². The van der Waals surface area contributed by atoms with Crippen LogP contribution in [0, 0.1) is 17.1 Å². The fraction of sp³-hybridized carbons (Fsp3) is 0.385. The van der Waals surface area contributed by atoms with Gasteiger partial charge in [-0.3, -0.25) is 10.1 Å². The van der Waals surface area contributed by atoms with E-state index in [1.807, 2.05) is 0 Å². The number of nitriles is 1. The first-order valence-electron chi connectivity index (χ1n) is 5.76. The lowest BCUT2D eigenvalue weighted by molar-refractivity contribution is -0.118. The van der Waals surface area contributed by atoms with E-state index in [0.29, 0.717) is 25.1 Å². The Hall–Kier alpha value is -1.93. The largest absolute Gasteiger partial charge is 0.356 e. The van der Waals surface area contributed by atoms with Crippen molar-refractivity contribution in [1.82, 2.24) is 10.6 Å². The van der Waals surface area contributed by atoms with Gasteiger partial charge < -0.3 is 5.32 Å². The molecule has 0 aliphatic carbocycles. The van der Waals surface area contributed by atoms with Crippen LogP contribution in [-0.2, 0) is 4.79 Å². The number of hydrogen-bond donors (Lipinski definition) is 2. The summed E-state index contributed by atoms with van der Waals surface area (Å²) in [4.78, 5) is 10.6. The molecule has 0 saturated carbocycles. The lowest BCUT2D eigenvalue weighted by Gasteiger charge is -2.11. The Morgan fingerprint density at radius 3 is 2.89 bits per heavy atom. The van der Waals surface area contributed by atoms with Crippen LogP contribution in [0.3, 0.4) is 0 Å². The van der Waals surface area contributed by atoms with E-state index in [2.05, 4.69) is 16.7 Å². The summed E-state index contributed by atoms with van der Waals surface area (Å²) < 4.78 is 13.0. The SMILES string of the molecule is CC(=O)NCCCNC(C#N)c1cccc(F)c1. The number of hydrogen-bond acceptors (Lipinski definition) is 3. The zero-order valence-corrected chi connectivity index (χ0v) is 10.2. The minimum atomic E-state index is -0.530. The summed E-state index contributed by atoms with van der Waals surface area (Å²) in [6.07, 6.45) is 0.715. The molecule has 0 spiro atoms. The average Bonchev–Trinajstić information content (AvgIpc) is 2.33. The highest BCUT2D eigenvalue weighted by Crippen LogP contribution is 2.13. The Labute approximate surface area is 106 Å². The predicted octanol–water partition coefficient (Wildman–Crippen LogP) is 1.51. The lowest BCUT2D eigenvalue weighted by Crippen LogP contribution is -2.27. The molecule has 0 aliphatic heterocycles. The van der Waals surface area contributed by atoms with Gasteiger partial charge in [0.2, 0.25) is 5.91 Å². The van der Waals surface area contributed by atoms with Crippen molar-refractivity contribution in [3.05, 3.63) is 35.6 Å². The molecule has 1 aromatic carbocycles. The summed E-state index contributed by atoms with van der Waals surface area (Å²) in [7, 11) is 0. The molecule has 0 bridgehead atoms. The average molecular weight is 249 g/mol. The molecule has 18 heavy (non-hydrogen) atoms. The van der Waals surface area contributed by atoms with E-state index in [1.54, 1.807) is 12.1 Å². The molecule has 1 unspecified atom stereocenters. The number of benzene rings is 1. The minimum Gasteiger partial charge on any atom is -0.356 e. The summed E-state index contributed by atoms with van der Waals surface area (Å²) in [6, 6.07) is 7.52. The number of amides is 1. The summed E-state index contributed by atoms with van der Waals surface area (Å²) in [6.45, 7) is 2.59. The standard InChI is InChI=1S/C13H16FN3O/c1-10(18)16-6-3-7-17-13(9-15)11-4-2-5-12(14)8-11/h2,4-5,8,13,17H,3,6-7H2,1H3,(H,16,18). The molecular weight excluding hydrogens is 233 g/mol. The van der Waals surface area contributed by atoms with Gasteiger partial charge in [-0.1, -0.05) is 12.1 Å². The van der Waals surface area contributed by atoms with Crippen LogP contribution < -0.4 is 10.6 Å². The van der Waals surface area contributed by atoms with Crippen LogP contribution in [0.25, 0.3) is 0 Å². The summed E-state index contributed by atoms with van der Waals surface area (Å²) >= 11 is 0. The normalized spacial score (nSPS) is 11.6. The van der Waals surface area contributed by atoms with Gasteiger partial charge in [0.15, 0.2) is 0 Å². The van der Waals surface area contributed by atoms with E-state index in [-0.39, 0.29) is 11.7 Å². The maximum Gasteiger partial charge on any atom is 0.216 e. The van der Waals surface area contributed by atoms with Crippen LogP contribution in [0.4, 0.5) is 4.39 Å². The first kappa shape index (κ1) is 14.1. The third-order valence-corrected chi connectivity index (χ3v) is 2.39. The molecule has 1 amide bonds. The molecule has 0 fully saturated rings. The molecule has 1 aromatic rings. The third kappa shape index (κ3) is 4.93. The van der Waals surface area contributed by atoms with Crippen molar-refractivity contribution in [2.45, 2.75) is 19.4 Å². The van der Waals surface area contributed by atoms with Crippen molar-refractivity contribution in [3.63, 3.8) is 0 Å². The second-order valence-corrected chi connectivity index (χ2v) is 3.91. The van der Waals surface area contributed by atoms with E-state index in [4.69, 9.17) is 5.26 Å². The molecule has 1 rings (SSSR count). The van der Waals surface area contributed by atoms with E-state index < -0.39 is 6.04 Å². The van der Waals surface area contributed by atoms with Gasteiger partial charge in [0, 0.05) is 13.5 Å². The van der Waals surface area contributed by atoms with Crippen molar-refractivity contribution in [2.24, 2.45) is 0 Å². The third-order valence-electron chi connectivity index (χ3n) is 2.39. The molecule has 0 saturated heterocycles. The Morgan fingerprint density at radius 2 is 2.28 bits per heavy atom. The van der Waals surface area contributed by atoms with E-state index in [9.17, 15) is 9.18 Å². The van der Waals surface area contributed by atoms with Gasteiger partial charge in [0.05, 0.1) is 6.07 Å². The monoisotopic (exact) mass is 249 g/mol. The maximum atomic E-state index is 13.0. The number of carbonyl (C=O) groups is 1. The zero-order valence-electron chi connectivity index (χ0n) is 10.2. The Morgan fingerprint density at radius 1 is 1.50 bits per heavy atom. The fourth-order valence-electron chi connectivity index (χ4n) is 1.52. The van der Waals surface area contributed by atoms with Crippen molar-refractivity contribution in [1.29, 1.82) is 5.26 Å². The topological polar surface area (TPSA) is 64.9 Å². The number of rotatable bonds is 6. The second kappa shape index (κ2) is 7.41. The molecule has 0 aromatic heterocycles. The van der Waals surface area contributed by atoms with Crippen LogP contribution in [0.5, 0.6) is 0 Å². The molecule has 0 radical (unpaired) electrons. The van der Waals surface area contributed by atoms with Crippen LogP contribution in [0.1, 0.15) is 24.9 Å². The smallest absolute Gasteiger partial charge is 0.216 e. The highest BCUT2D eigenvalue weighted by atomic mass is 19.1. The lowest BCUT2D eigenvalue weighted by atomic mass is 10.1. The molecule has 5 heteroatoms. The van der Waals surface area contributed by atoms with Crippen molar-refractivity contribution in [3.8, 4) is 6.07 Å². The minimum absolute atomic E-state index is 0.0723. The Kier molecular flexibility index (Phi) is 5.81. The Balaban J connectivity index is 2.39. The number of halogens is 1. The molecule has 1 atom stereocenters. The molecule has 96 valence electrons. The molecule has 0 heterocycles. The molecular formula is C13H16FN3O. The maximum absolute atomic E-state index is 13.0. The van der Waals surface area contributed by atoms with Crippen LogP contribution in [-0.4, -0.2) is 19.0 Å². The van der Waals surface area contributed by atoms with Gasteiger partial charge in [-0.25, -0.2) is 4.39 Å². The van der Waals surface area contributed by atoms with Crippen LogP contribution in [0.15, 0.2) is 24.3 Å². The van der Waals surface area contributed by atoms with Crippen molar-refractivity contribution >= 4 is 5.91 Å². The first-order valence-corrected chi connectivity index (χ1v) is 5.76. The summed E-state index contributed by atoms with van der Waals surface area (Å²) in [5.41, 5.74) is 0.608. The van der Waals surface area contributed by atoms with Crippen LogP contribution >= 0.6 is 0 Å². The zero-order chi connectivity index (χ0) is 13.4. The molecule has 0 aliphatic rings.